The van der Waals surface area contributed by atoms with Gasteiger partial charge < -0.3 is 16.0 Å². The van der Waals surface area contributed by atoms with E-state index in [4.69, 9.17) is 17.3 Å². The van der Waals surface area contributed by atoms with E-state index in [2.05, 4.69) is 31.7 Å². The Kier molecular flexibility index (Phi) is 5.63. The molecule has 0 bridgehead atoms. The summed E-state index contributed by atoms with van der Waals surface area (Å²) >= 11 is 7.70. The molecule has 1 unspecified atom stereocenters. The molecule has 0 spiro atoms. The third-order valence-electron chi connectivity index (χ3n) is 3.07. The zero-order valence-electron chi connectivity index (χ0n) is 12.0. The fourth-order valence-corrected chi connectivity index (χ4v) is 3.03. The highest BCUT2D eigenvalue weighted by Gasteiger charge is 2.11. The number of nitrogens with one attached hydrogen (secondary N) is 2. The molecule has 3 rings (SSSR count). The lowest BCUT2D eigenvalue weighted by molar-refractivity contribution is 0.726. The first-order chi connectivity index (χ1) is 10.1. The Morgan fingerprint density at radius 1 is 1.45 bits per heavy atom. The number of thiophene rings is 1. The van der Waals surface area contributed by atoms with Crippen molar-refractivity contribution in [1.29, 1.82) is 0 Å². The SMILES string of the molecule is CC(N)Cc1cc2c(NCc3cccs3)nc(Cl)nc2[nH]1.Cl. The summed E-state index contributed by atoms with van der Waals surface area (Å²) in [5.74, 6) is 0.741. The molecule has 0 saturated heterocycles. The van der Waals surface area contributed by atoms with Gasteiger partial charge in [0.2, 0.25) is 5.28 Å². The van der Waals surface area contributed by atoms with Crippen molar-refractivity contribution in [2.75, 3.05) is 5.32 Å². The molecule has 3 aromatic rings. The maximum absolute atomic E-state index is 6.00. The molecule has 5 nitrogen and oxygen atoms in total. The Labute approximate surface area is 143 Å². The van der Waals surface area contributed by atoms with Gasteiger partial charge in [0, 0.05) is 23.0 Å². The first kappa shape index (κ1) is 17.0. The van der Waals surface area contributed by atoms with Crippen molar-refractivity contribution in [1.82, 2.24) is 15.0 Å². The van der Waals surface area contributed by atoms with Gasteiger partial charge in [0.15, 0.2) is 0 Å². The predicted molar refractivity (Wildman–Crippen MR) is 95.1 cm³/mol. The number of nitrogens with two attached hydrogens (primary N) is 1. The van der Waals surface area contributed by atoms with E-state index < -0.39 is 0 Å². The molecule has 8 heteroatoms. The van der Waals surface area contributed by atoms with Crippen LogP contribution in [0.25, 0.3) is 11.0 Å². The van der Waals surface area contributed by atoms with Gasteiger partial charge in [-0.25, -0.2) is 4.98 Å². The zero-order valence-corrected chi connectivity index (χ0v) is 14.4. The zero-order chi connectivity index (χ0) is 14.8. The van der Waals surface area contributed by atoms with Gasteiger partial charge in [-0.1, -0.05) is 6.07 Å². The molecule has 0 saturated carbocycles. The van der Waals surface area contributed by atoms with E-state index in [0.29, 0.717) is 6.54 Å². The molecule has 0 radical (unpaired) electrons. The fourth-order valence-electron chi connectivity index (χ4n) is 2.21. The summed E-state index contributed by atoms with van der Waals surface area (Å²) in [6.07, 6.45) is 0.762. The highest BCUT2D eigenvalue weighted by molar-refractivity contribution is 7.09. The molecule has 1 atom stereocenters. The van der Waals surface area contributed by atoms with Gasteiger partial charge in [-0.15, -0.1) is 23.7 Å². The third-order valence-corrected chi connectivity index (χ3v) is 4.11. The van der Waals surface area contributed by atoms with E-state index >= 15 is 0 Å². The minimum atomic E-state index is 0. The Morgan fingerprint density at radius 3 is 2.95 bits per heavy atom. The van der Waals surface area contributed by atoms with Crippen molar-refractivity contribution in [3.8, 4) is 0 Å². The van der Waals surface area contributed by atoms with Gasteiger partial charge in [-0.3, -0.25) is 0 Å². The maximum atomic E-state index is 6.00. The smallest absolute Gasteiger partial charge is 0.226 e. The van der Waals surface area contributed by atoms with E-state index in [-0.39, 0.29) is 23.7 Å². The molecule has 22 heavy (non-hydrogen) atoms. The number of H-pyrrole nitrogens is 1. The van der Waals surface area contributed by atoms with Gasteiger partial charge in [-0.2, -0.15) is 4.98 Å². The molecule has 0 aliphatic rings. The van der Waals surface area contributed by atoms with Crippen molar-refractivity contribution in [3.05, 3.63) is 39.4 Å². The minimum Gasteiger partial charge on any atom is -0.364 e. The van der Waals surface area contributed by atoms with Crippen LogP contribution in [0.2, 0.25) is 5.28 Å². The first-order valence-corrected chi connectivity index (χ1v) is 7.94. The average Bonchev–Trinajstić information content (AvgIpc) is 3.03. The predicted octanol–water partition coefficient (Wildman–Crippen LogP) is 3.60. The van der Waals surface area contributed by atoms with Crippen LogP contribution in [0, 0.1) is 0 Å². The number of anilines is 1. The molecule has 3 aromatic heterocycles. The van der Waals surface area contributed by atoms with E-state index in [0.717, 1.165) is 29.0 Å². The topological polar surface area (TPSA) is 79.6 Å². The van der Waals surface area contributed by atoms with Crippen LogP contribution in [0.1, 0.15) is 17.5 Å². The number of hydrogen-bond acceptors (Lipinski definition) is 5. The molecule has 0 aromatic carbocycles. The Hall–Kier alpha value is -1.34. The number of fused-ring (bicyclic) bond motifs is 1. The van der Waals surface area contributed by atoms with Crippen LogP contribution in [0.4, 0.5) is 5.82 Å². The molecule has 0 fully saturated rings. The van der Waals surface area contributed by atoms with Crippen molar-refractivity contribution in [2.45, 2.75) is 25.9 Å². The third kappa shape index (κ3) is 3.89. The molecule has 4 N–H and O–H groups in total. The van der Waals surface area contributed by atoms with Gasteiger partial charge in [0.1, 0.15) is 11.5 Å². The van der Waals surface area contributed by atoms with Crippen LogP contribution >= 0.6 is 35.3 Å². The molecule has 118 valence electrons. The summed E-state index contributed by atoms with van der Waals surface area (Å²) < 4.78 is 0. The van der Waals surface area contributed by atoms with Gasteiger partial charge in [0.05, 0.1) is 11.9 Å². The number of aromatic amines is 1. The van der Waals surface area contributed by atoms with Gasteiger partial charge >= 0.3 is 0 Å². The van der Waals surface area contributed by atoms with E-state index in [1.165, 1.54) is 4.88 Å². The number of aromatic nitrogens is 3. The van der Waals surface area contributed by atoms with Crippen molar-refractivity contribution in [2.24, 2.45) is 5.73 Å². The van der Waals surface area contributed by atoms with Crippen LogP contribution in [0.15, 0.2) is 23.6 Å². The quantitative estimate of drug-likeness (QED) is 0.609. The molecular weight excluding hydrogens is 341 g/mol. The summed E-state index contributed by atoms with van der Waals surface area (Å²) in [6.45, 7) is 2.69. The first-order valence-electron chi connectivity index (χ1n) is 6.69. The standard InChI is InChI=1S/C14H16ClN5S.ClH/c1-8(16)5-9-6-11-12(17-7-10-3-2-4-21-10)19-14(15)20-13(11)18-9;/h2-4,6,8H,5,7,16H2,1H3,(H2,17,18,19,20);1H. The lowest BCUT2D eigenvalue weighted by Crippen LogP contribution is -2.17. The average molecular weight is 358 g/mol. The van der Waals surface area contributed by atoms with E-state index in [1.807, 2.05) is 19.1 Å². The van der Waals surface area contributed by atoms with Gasteiger partial charge in [-0.05, 0) is 36.0 Å². The second-order valence-corrected chi connectivity index (χ2v) is 6.38. The summed E-state index contributed by atoms with van der Waals surface area (Å²) in [6, 6.07) is 6.23. The van der Waals surface area contributed by atoms with Crippen LogP contribution in [-0.4, -0.2) is 21.0 Å². The number of nitrogens with zero attached hydrogens (tertiary/aromatic N) is 2. The second-order valence-electron chi connectivity index (χ2n) is 5.01. The Bertz CT molecular complexity index is 739. The van der Waals surface area contributed by atoms with Crippen molar-refractivity contribution < 1.29 is 0 Å². The van der Waals surface area contributed by atoms with E-state index in [1.54, 1.807) is 11.3 Å². The molecule has 3 heterocycles. The maximum Gasteiger partial charge on any atom is 0.226 e. The fraction of sp³-hybridized carbons (Fsp3) is 0.286. The summed E-state index contributed by atoms with van der Waals surface area (Å²) in [7, 11) is 0. The Morgan fingerprint density at radius 2 is 2.27 bits per heavy atom. The highest BCUT2D eigenvalue weighted by atomic mass is 35.5. The number of hydrogen-bond donors (Lipinski definition) is 3. The summed E-state index contributed by atoms with van der Waals surface area (Å²) in [4.78, 5) is 13.0. The van der Waals surface area contributed by atoms with Gasteiger partial charge in [0.25, 0.3) is 0 Å². The second kappa shape index (κ2) is 7.28. The minimum absolute atomic E-state index is 0. The number of rotatable bonds is 5. The molecule has 0 amide bonds. The lowest BCUT2D eigenvalue weighted by Gasteiger charge is -2.05. The van der Waals surface area contributed by atoms with Crippen molar-refractivity contribution in [3.63, 3.8) is 0 Å². The normalized spacial score (nSPS) is 12.1. The van der Waals surface area contributed by atoms with E-state index in [9.17, 15) is 0 Å². The molecule has 0 aliphatic carbocycles. The van der Waals surface area contributed by atoms with Crippen LogP contribution in [-0.2, 0) is 13.0 Å². The summed E-state index contributed by atoms with van der Waals surface area (Å²) in [5.41, 5.74) is 7.61. The van der Waals surface area contributed by atoms with Crippen molar-refractivity contribution >= 4 is 52.2 Å². The molecular formula is C14H17Cl2N5S. The largest absolute Gasteiger partial charge is 0.364 e. The molecule has 0 aliphatic heterocycles. The summed E-state index contributed by atoms with van der Waals surface area (Å²) in [5, 5.41) is 6.54. The highest BCUT2D eigenvalue weighted by Crippen LogP contribution is 2.24. The monoisotopic (exact) mass is 357 g/mol. The van der Waals surface area contributed by atoms with Crippen LogP contribution in [0.3, 0.4) is 0 Å². The Balaban J connectivity index is 0.00000176. The number of halogens is 2. The van der Waals surface area contributed by atoms with Crippen LogP contribution in [0.5, 0.6) is 0 Å². The lowest BCUT2D eigenvalue weighted by atomic mass is 10.2. The van der Waals surface area contributed by atoms with Crippen LogP contribution < -0.4 is 11.1 Å².